The van der Waals surface area contributed by atoms with Crippen molar-refractivity contribution in [1.29, 1.82) is 5.26 Å². The molecule has 1 aromatic rings. The molecule has 3 heteroatoms. The Bertz CT molecular complexity index is 449. The molecule has 0 N–H and O–H groups in total. The molecule has 0 aliphatic heterocycles. The molecule has 68 valence electrons. The minimum Gasteiger partial charge on any atom is -0.298 e. The first-order chi connectivity index (χ1) is 6.79. The van der Waals surface area contributed by atoms with E-state index in [9.17, 15) is 4.79 Å². The molecular weight excluding hydrogens is 198 g/mol. The summed E-state index contributed by atoms with van der Waals surface area (Å²) in [5.41, 5.74) is 0.933. The van der Waals surface area contributed by atoms with Crippen LogP contribution in [-0.4, -0.2) is 6.29 Å². The molecule has 0 fully saturated rings. The zero-order valence-electron chi connectivity index (χ0n) is 7.25. The fourth-order valence-electron chi connectivity index (χ4n) is 0.945. The second kappa shape index (κ2) is 5.07. The van der Waals surface area contributed by atoms with Gasteiger partial charge in [-0.1, -0.05) is 29.5 Å². The van der Waals surface area contributed by atoms with Crippen molar-refractivity contribution in [2.24, 2.45) is 0 Å². The van der Waals surface area contributed by atoms with Gasteiger partial charge < -0.3 is 0 Å². The van der Waals surface area contributed by atoms with Crippen molar-refractivity contribution in [2.75, 3.05) is 0 Å². The van der Waals surface area contributed by atoms with Crippen LogP contribution in [0.5, 0.6) is 0 Å². The van der Waals surface area contributed by atoms with Crippen LogP contribution in [0.4, 0.5) is 0 Å². The van der Waals surface area contributed by atoms with Gasteiger partial charge in [0.15, 0.2) is 6.29 Å². The quantitative estimate of drug-likeness (QED) is 0.520. The number of carbonyl (C=O) groups excluding carboxylic acids is 1. The molecule has 0 bridgehead atoms. The first-order valence-electron chi connectivity index (χ1n) is 3.89. The van der Waals surface area contributed by atoms with E-state index in [1.165, 1.54) is 0 Å². The smallest absolute Gasteiger partial charge is 0.152 e. The van der Waals surface area contributed by atoms with Crippen LogP contribution in [0.1, 0.15) is 22.3 Å². The van der Waals surface area contributed by atoms with E-state index in [1.54, 1.807) is 18.2 Å². The number of rotatable bonds is 1. The lowest BCUT2D eigenvalue weighted by Crippen LogP contribution is -1.87. The van der Waals surface area contributed by atoms with E-state index in [-0.39, 0.29) is 6.42 Å². The van der Waals surface area contributed by atoms with Gasteiger partial charge in [-0.15, -0.1) is 0 Å². The van der Waals surface area contributed by atoms with E-state index in [2.05, 4.69) is 11.8 Å². The van der Waals surface area contributed by atoms with Gasteiger partial charge in [-0.2, -0.15) is 5.26 Å². The molecule has 0 amide bonds. The Kier molecular flexibility index (Phi) is 3.73. The molecule has 0 aromatic heterocycles. The summed E-state index contributed by atoms with van der Waals surface area (Å²) in [7, 11) is 0. The van der Waals surface area contributed by atoms with Crippen LogP contribution in [0, 0.1) is 23.2 Å². The van der Waals surface area contributed by atoms with Gasteiger partial charge in [0, 0.05) is 11.1 Å². The topological polar surface area (TPSA) is 40.9 Å². The Labute approximate surface area is 87.1 Å². The van der Waals surface area contributed by atoms with E-state index in [1.807, 2.05) is 6.07 Å². The molecule has 0 saturated carbocycles. The van der Waals surface area contributed by atoms with Crippen molar-refractivity contribution in [3.8, 4) is 17.9 Å². The van der Waals surface area contributed by atoms with Crippen LogP contribution in [0.25, 0.3) is 0 Å². The lowest BCUT2D eigenvalue weighted by Gasteiger charge is -1.97. The molecule has 0 heterocycles. The Balaban J connectivity index is 3.11. The third kappa shape index (κ3) is 2.36. The van der Waals surface area contributed by atoms with Crippen molar-refractivity contribution in [2.45, 2.75) is 6.42 Å². The minimum absolute atomic E-state index is 0.144. The van der Waals surface area contributed by atoms with Crippen molar-refractivity contribution in [3.63, 3.8) is 0 Å². The van der Waals surface area contributed by atoms with Gasteiger partial charge >= 0.3 is 0 Å². The molecule has 0 saturated heterocycles. The predicted octanol–water partition coefficient (Wildman–Crippen LogP) is 2.42. The van der Waals surface area contributed by atoms with Crippen molar-refractivity contribution < 1.29 is 4.79 Å². The number of hydrogen-bond donors (Lipinski definition) is 0. The third-order valence-electron chi connectivity index (χ3n) is 1.56. The van der Waals surface area contributed by atoms with Gasteiger partial charge in [-0.25, -0.2) is 0 Å². The molecule has 0 atom stereocenters. The van der Waals surface area contributed by atoms with Gasteiger partial charge in [-0.05, 0) is 12.1 Å². The molecule has 0 spiro atoms. The highest BCUT2D eigenvalue weighted by atomic mass is 35.5. The number of benzene rings is 1. The molecule has 0 unspecified atom stereocenters. The summed E-state index contributed by atoms with van der Waals surface area (Å²) < 4.78 is 0. The summed E-state index contributed by atoms with van der Waals surface area (Å²) in [5, 5.41) is 8.66. The lowest BCUT2D eigenvalue weighted by molar-refractivity contribution is 0.112. The molecule has 0 radical (unpaired) electrons. The summed E-state index contributed by atoms with van der Waals surface area (Å²) in [6, 6.07) is 6.93. The van der Waals surface area contributed by atoms with Gasteiger partial charge in [0.25, 0.3) is 0 Å². The molecule has 1 rings (SSSR count). The number of nitrogens with zero attached hydrogens (tertiary/aromatic N) is 1. The molecule has 0 aliphatic rings. The molecule has 0 aliphatic carbocycles. The zero-order valence-corrected chi connectivity index (χ0v) is 8.01. The molecular formula is C11H6ClNO. The SMILES string of the molecule is N#CCC#Cc1cccc(Cl)c1C=O. The maximum atomic E-state index is 10.7. The standard InChI is InChI=1S/C11H6ClNO/c12-11-6-3-5-9(10(11)8-14)4-1-2-7-13/h3,5-6,8H,2H2. The maximum Gasteiger partial charge on any atom is 0.152 e. The van der Waals surface area contributed by atoms with Crippen molar-refractivity contribution >= 4 is 17.9 Å². The van der Waals surface area contributed by atoms with E-state index in [4.69, 9.17) is 16.9 Å². The molecule has 14 heavy (non-hydrogen) atoms. The van der Waals surface area contributed by atoms with Crippen LogP contribution in [0.2, 0.25) is 5.02 Å². The van der Waals surface area contributed by atoms with Crippen LogP contribution >= 0.6 is 11.6 Å². The Morgan fingerprint density at radius 3 is 2.93 bits per heavy atom. The third-order valence-corrected chi connectivity index (χ3v) is 1.89. The second-order valence-electron chi connectivity index (χ2n) is 2.46. The lowest BCUT2D eigenvalue weighted by atomic mass is 10.1. The fourth-order valence-corrected chi connectivity index (χ4v) is 1.16. The Hall–Kier alpha value is -1.77. The summed E-state index contributed by atoms with van der Waals surface area (Å²) in [6.45, 7) is 0. The van der Waals surface area contributed by atoms with Crippen LogP contribution < -0.4 is 0 Å². The second-order valence-corrected chi connectivity index (χ2v) is 2.86. The van der Waals surface area contributed by atoms with Gasteiger partial charge in [0.1, 0.15) is 0 Å². The summed E-state index contributed by atoms with van der Waals surface area (Å²) in [6.07, 6.45) is 0.809. The monoisotopic (exact) mass is 203 g/mol. The first-order valence-corrected chi connectivity index (χ1v) is 4.27. The van der Waals surface area contributed by atoms with Crippen LogP contribution in [0.3, 0.4) is 0 Å². The highest BCUT2D eigenvalue weighted by Crippen LogP contribution is 2.16. The van der Waals surface area contributed by atoms with Gasteiger partial charge in [0.05, 0.1) is 17.5 Å². The summed E-state index contributed by atoms with van der Waals surface area (Å²) in [5.74, 6) is 5.34. The summed E-state index contributed by atoms with van der Waals surface area (Å²) in [4.78, 5) is 10.7. The average Bonchev–Trinajstić information content (AvgIpc) is 2.18. The first kappa shape index (κ1) is 10.3. The highest BCUT2D eigenvalue weighted by molar-refractivity contribution is 6.33. The number of nitriles is 1. The van der Waals surface area contributed by atoms with Crippen LogP contribution in [-0.2, 0) is 0 Å². The molecule has 1 aromatic carbocycles. The number of hydrogen-bond acceptors (Lipinski definition) is 2. The van der Waals surface area contributed by atoms with E-state index in [0.29, 0.717) is 22.4 Å². The Morgan fingerprint density at radius 1 is 1.50 bits per heavy atom. The van der Waals surface area contributed by atoms with E-state index < -0.39 is 0 Å². The van der Waals surface area contributed by atoms with Gasteiger partial charge in [0.2, 0.25) is 0 Å². The van der Waals surface area contributed by atoms with Gasteiger partial charge in [-0.3, -0.25) is 4.79 Å². The van der Waals surface area contributed by atoms with Crippen molar-refractivity contribution in [3.05, 3.63) is 34.3 Å². The molecule has 2 nitrogen and oxygen atoms in total. The average molecular weight is 204 g/mol. The maximum absolute atomic E-state index is 10.7. The zero-order chi connectivity index (χ0) is 10.4. The number of halogens is 1. The highest BCUT2D eigenvalue weighted by Gasteiger charge is 2.02. The Morgan fingerprint density at radius 2 is 2.29 bits per heavy atom. The van der Waals surface area contributed by atoms with Crippen LogP contribution in [0.15, 0.2) is 18.2 Å². The summed E-state index contributed by atoms with van der Waals surface area (Å²) >= 11 is 5.78. The number of aldehydes is 1. The normalized spacial score (nSPS) is 8.29. The van der Waals surface area contributed by atoms with E-state index >= 15 is 0 Å². The minimum atomic E-state index is 0.144. The fraction of sp³-hybridized carbons (Fsp3) is 0.0909. The van der Waals surface area contributed by atoms with Crippen molar-refractivity contribution in [1.82, 2.24) is 0 Å². The van der Waals surface area contributed by atoms with E-state index in [0.717, 1.165) is 0 Å². The predicted molar refractivity (Wildman–Crippen MR) is 53.9 cm³/mol. The largest absolute Gasteiger partial charge is 0.298 e. The number of carbonyl (C=O) groups is 1.